The smallest absolute Gasteiger partial charge is 0.870 e. The number of para-hydroxylation sites is 1. The molecule has 25 heavy (non-hydrogen) atoms. The molecule has 2 rings (SSSR count). The second-order valence-corrected chi connectivity index (χ2v) is 7.03. The van der Waals surface area contributed by atoms with Gasteiger partial charge in [-0.1, -0.05) is 56.2 Å². The Morgan fingerprint density at radius 3 is 2.44 bits per heavy atom. The number of benzene rings is 2. The van der Waals surface area contributed by atoms with Crippen LogP contribution in [0.15, 0.2) is 47.4 Å². The second-order valence-electron chi connectivity index (χ2n) is 5.60. The Labute approximate surface area is 191 Å². The van der Waals surface area contributed by atoms with Crippen LogP contribution in [0.3, 0.4) is 0 Å². The van der Waals surface area contributed by atoms with Crippen molar-refractivity contribution in [2.45, 2.75) is 43.9 Å². The van der Waals surface area contributed by atoms with E-state index in [9.17, 15) is 13.5 Å². The standard InChI is InChI=1S/C18H22O5S.K/c1-2-3-4-5-8-14-9-6-7-10-17(14)23-18-13-15(24(20,21)22)11-12-16(18)19;/h6-7,9-13,19H,2-5,8H2,1H3,(H,20,21,22);/q;+1/p-1. The molecular weight excluding hydrogens is 367 g/mol. The summed E-state index contributed by atoms with van der Waals surface area (Å²) in [5.41, 5.74) is 0.963. The molecule has 0 unspecified atom stereocenters. The zero-order valence-corrected chi connectivity index (χ0v) is 18.5. The average molecular weight is 389 g/mol. The van der Waals surface area contributed by atoms with E-state index in [0.29, 0.717) is 5.75 Å². The Bertz CT molecular complexity index is 790. The van der Waals surface area contributed by atoms with E-state index in [0.717, 1.165) is 49.4 Å². The van der Waals surface area contributed by atoms with E-state index >= 15 is 0 Å². The first-order valence-electron chi connectivity index (χ1n) is 7.96. The summed E-state index contributed by atoms with van der Waals surface area (Å²) in [5.74, 6) is -0.0343. The minimum absolute atomic E-state index is 0. The van der Waals surface area contributed by atoms with Gasteiger partial charge in [-0.25, -0.2) is 0 Å². The number of unbranched alkanes of at least 4 members (excludes halogenated alkanes) is 3. The predicted octanol–water partition coefficient (Wildman–Crippen LogP) is 0.926. The van der Waals surface area contributed by atoms with Gasteiger partial charge in [-0.2, -0.15) is 8.42 Å². The van der Waals surface area contributed by atoms with Crippen LogP contribution in [-0.2, 0) is 16.5 Å². The Balaban J connectivity index is 0.00000312. The van der Waals surface area contributed by atoms with Gasteiger partial charge in [0.25, 0.3) is 10.1 Å². The minimum atomic E-state index is -4.38. The molecule has 0 spiro atoms. The number of ether oxygens (including phenoxy) is 1. The maximum Gasteiger partial charge on any atom is 1.00 e. The van der Waals surface area contributed by atoms with Gasteiger partial charge in [-0.05, 0) is 30.5 Å². The maximum atomic E-state index is 11.9. The molecule has 0 saturated carbocycles. The van der Waals surface area contributed by atoms with Gasteiger partial charge < -0.3 is 9.84 Å². The molecule has 0 bridgehead atoms. The fourth-order valence-electron chi connectivity index (χ4n) is 2.40. The Morgan fingerprint density at radius 1 is 1.04 bits per heavy atom. The first-order valence-corrected chi connectivity index (χ1v) is 9.40. The summed E-state index contributed by atoms with van der Waals surface area (Å²) in [6.45, 7) is 2.15. The molecule has 0 fully saturated rings. The maximum absolute atomic E-state index is 11.9. The Morgan fingerprint density at radius 2 is 1.76 bits per heavy atom. The van der Waals surface area contributed by atoms with Crippen molar-refractivity contribution in [2.75, 3.05) is 0 Å². The van der Waals surface area contributed by atoms with Crippen LogP contribution >= 0.6 is 0 Å². The van der Waals surface area contributed by atoms with E-state index in [1.54, 1.807) is 12.1 Å². The van der Waals surface area contributed by atoms with Crippen molar-refractivity contribution in [3.8, 4) is 17.2 Å². The van der Waals surface area contributed by atoms with Crippen LogP contribution in [0.2, 0.25) is 0 Å². The third-order valence-electron chi connectivity index (χ3n) is 3.71. The van der Waals surface area contributed by atoms with Gasteiger partial charge in [-0.3, -0.25) is 4.55 Å². The first kappa shape index (κ1) is 22.6. The van der Waals surface area contributed by atoms with Crippen LogP contribution in [0.1, 0.15) is 38.2 Å². The third-order valence-corrected chi connectivity index (χ3v) is 4.55. The molecule has 0 aliphatic heterocycles. The van der Waals surface area contributed by atoms with Crippen molar-refractivity contribution in [1.29, 1.82) is 0 Å². The summed E-state index contributed by atoms with van der Waals surface area (Å²) < 4.78 is 37.2. The van der Waals surface area contributed by atoms with Crippen LogP contribution in [0, 0.1) is 0 Å². The topological polar surface area (TPSA) is 86.7 Å². The predicted molar refractivity (Wildman–Crippen MR) is 90.1 cm³/mol. The van der Waals surface area contributed by atoms with Crippen molar-refractivity contribution in [3.63, 3.8) is 0 Å². The van der Waals surface area contributed by atoms with Crippen LogP contribution in [-0.4, -0.2) is 13.0 Å². The van der Waals surface area contributed by atoms with Crippen LogP contribution in [0.25, 0.3) is 0 Å². The van der Waals surface area contributed by atoms with Gasteiger partial charge >= 0.3 is 51.4 Å². The molecule has 2 aromatic rings. The third kappa shape index (κ3) is 7.01. The van der Waals surface area contributed by atoms with Gasteiger partial charge in [0.2, 0.25) is 0 Å². The zero-order chi connectivity index (χ0) is 17.6. The molecule has 0 aromatic heterocycles. The molecular formula is C18H21KO5S. The quantitative estimate of drug-likeness (QED) is 0.413. The molecule has 0 aliphatic rings. The summed E-state index contributed by atoms with van der Waals surface area (Å²) in [6.07, 6.45) is 5.28. The monoisotopic (exact) mass is 388 g/mol. The number of hydrogen-bond donors (Lipinski definition) is 1. The normalized spacial score (nSPS) is 11.0. The summed E-state index contributed by atoms with van der Waals surface area (Å²) in [6, 6.07) is 10.5. The van der Waals surface area contributed by atoms with Crippen molar-refractivity contribution in [3.05, 3.63) is 48.0 Å². The van der Waals surface area contributed by atoms with E-state index in [1.165, 1.54) is 6.42 Å². The number of aryl methyl sites for hydroxylation is 1. The van der Waals surface area contributed by atoms with E-state index in [-0.39, 0.29) is 62.0 Å². The van der Waals surface area contributed by atoms with Gasteiger partial charge in [-0.15, -0.1) is 0 Å². The van der Waals surface area contributed by atoms with E-state index in [1.807, 2.05) is 12.1 Å². The zero-order valence-electron chi connectivity index (χ0n) is 14.6. The molecule has 1 N–H and O–H groups in total. The largest absolute Gasteiger partial charge is 1.00 e. The molecule has 5 nitrogen and oxygen atoms in total. The fourth-order valence-corrected chi connectivity index (χ4v) is 2.90. The molecule has 130 valence electrons. The molecule has 2 aromatic carbocycles. The van der Waals surface area contributed by atoms with Crippen LogP contribution < -0.4 is 61.2 Å². The summed E-state index contributed by atoms with van der Waals surface area (Å²) in [7, 11) is -4.38. The van der Waals surface area contributed by atoms with E-state index in [4.69, 9.17) is 9.29 Å². The van der Waals surface area contributed by atoms with Crippen molar-refractivity contribution in [2.24, 2.45) is 0 Å². The van der Waals surface area contributed by atoms with Gasteiger partial charge in [0.05, 0.1) is 4.90 Å². The molecule has 7 heteroatoms. The number of hydrogen-bond acceptors (Lipinski definition) is 4. The summed E-state index contributed by atoms with van der Waals surface area (Å²) in [5, 5.41) is 11.9. The average Bonchev–Trinajstić information content (AvgIpc) is 2.54. The summed E-state index contributed by atoms with van der Waals surface area (Å²) in [4.78, 5) is -0.363. The molecule has 0 amide bonds. The van der Waals surface area contributed by atoms with E-state index in [2.05, 4.69) is 6.92 Å². The minimum Gasteiger partial charge on any atom is -0.870 e. The first-order chi connectivity index (χ1) is 11.4. The SMILES string of the molecule is CCCCCCc1ccccc1Oc1cc(S(=O)(=O)O)ccc1[O-].[K+]. The van der Waals surface area contributed by atoms with Crippen LogP contribution in [0.4, 0.5) is 0 Å². The molecule has 0 radical (unpaired) electrons. The van der Waals surface area contributed by atoms with Crippen molar-refractivity contribution in [1.82, 2.24) is 0 Å². The Hall–Kier alpha value is -0.414. The Kier molecular flexibility index (Phi) is 9.65. The van der Waals surface area contributed by atoms with E-state index < -0.39 is 15.9 Å². The molecule has 0 heterocycles. The van der Waals surface area contributed by atoms with Crippen molar-refractivity contribution >= 4 is 10.1 Å². The number of rotatable bonds is 8. The molecule has 0 saturated heterocycles. The van der Waals surface area contributed by atoms with Gasteiger partial charge in [0.1, 0.15) is 11.5 Å². The van der Waals surface area contributed by atoms with Gasteiger partial charge in [0, 0.05) is 6.07 Å². The second kappa shape index (κ2) is 10.7. The van der Waals surface area contributed by atoms with Gasteiger partial charge in [0.15, 0.2) is 0 Å². The molecule has 0 aliphatic carbocycles. The van der Waals surface area contributed by atoms with Crippen LogP contribution in [0.5, 0.6) is 17.2 Å². The fraction of sp³-hybridized carbons (Fsp3) is 0.333. The van der Waals surface area contributed by atoms with Crippen molar-refractivity contribution < 1.29 is 74.2 Å². The molecule has 0 atom stereocenters. The summed E-state index contributed by atoms with van der Waals surface area (Å²) >= 11 is 0.